The normalized spacial score (nSPS) is 10.5. The maximum Gasteiger partial charge on any atom is 0.228 e. The first-order chi connectivity index (χ1) is 9.99. The fourth-order valence-corrected chi connectivity index (χ4v) is 1.79. The summed E-state index contributed by atoms with van der Waals surface area (Å²) in [5.41, 5.74) is 6.69. The monoisotopic (exact) mass is 294 g/mol. The summed E-state index contributed by atoms with van der Waals surface area (Å²) in [6.07, 6.45) is -0.0106. The Labute approximate surface area is 119 Å². The predicted molar refractivity (Wildman–Crippen MR) is 73.0 cm³/mol. The lowest BCUT2D eigenvalue weighted by Gasteiger charge is -2.07. The largest absolute Gasteiger partial charge is 0.326 e. The highest BCUT2D eigenvalue weighted by molar-refractivity contribution is 5.92. The van der Waals surface area contributed by atoms with Crippen molar-refractivity contribution in [2.45, 2.75) is 13.0 Å². The van der Waals surface area contributed by atoms with Crippen LogP contribution in [0.15, 0.2) is 36.4 Å². The van der Waals surface area contributed by atoms with Crippen LogP contribution in [0.4, 0.5) is 18.9 Å². The van der Waals surface area contributed by atoms with Gasteiger partial charge >= 0.3 is 0 Å². The number of carbonyl (C=O) groups is 1. The van der Waals surface area contributed by atoms with E-state index in [4.69, 9.17) is 5.73 Å². The molecular weight excluding hydrogens is 281 g/mol. The zero-order chi connectivity index (χ0) is 15.4. The van der Waals surface area contributed by atoms with Crippen LogP contribution in [0.1, 0.15) is 11.1 Å². The van der Waals surface area contributed by atoms with Crippen molar-refractivity contribution in [3.8, 4) is 0 Å². The van der Waals surface area contributed by atoms with Gasteiger partial charge in [-0.05, 0) is 11.1 Å². The van der Waals surface area contributed by atoms with E-state index in [9.17, 15) is 18.0 Å². The SMILES string of the molecule is NCc1ccc(CC(=O)Nc2cc(F)c(F)cc2F)cc1. The van der Waals surface area contributed by atoms with Gasteiger partial charge in [-0.2, -0.15) is 0 Å². The van der Waals surface area contributed by atoms with Gasteiger partial charge in [-0.25, -0.2) is 13.2 Å². The molecule has 0 bridgehead atoms. The second-order valence-electron chi connectivity index (χ2n) is 4.49. The quantitative estimate of drug-likeness (QED) is 0.852. The highest BCUT2D eigenvalue weighted by atomic mass is 19.2. The molecule has 0 aliphatic rings. The molecule has 0 spiro atoms. The van der Waals surface area contributed by atoms with Gasteiger partial charge in [0.15, 0.2) is 11.6 Å². The lowest BCUT2D eigenvalue weighted by Crippen LogP contribution is -2.16. The fraction of sp³-hybridized carbons (Fsp3) is 0.133. The highest BCUT2D eigenvalue weighted by Gasteiger charge is 2.12. The molecule has 0 atom stereocenters. The Hall–Kier alpha value is -2.34. The van der Waals surface area contributed by atoms with Crippen molar-refractivity contribution in [1.29, 1.82) is 0 Å². The van der Waals surface area contributed by atoms with Crippen LogP contribution in [0, 0.1) is 17.5 Å². The summed E-state index contributed by atoms with van der Waals surface area (Å²) in [6, 6.07) is 8.01. The fourth-order valence-electron chi connectivity index (χ4n) is 1.79. The van der Waals surface area contributed by atoms with E-state index in [-0.39, 0.29) is 6.42 Å². The molecule has 0 aliphatic heterocycles. The van der Waals surface area contributed by atoms with E-state index in [1.165, 1.54) is 0 Å². The summed E-state index contributed by atoms with van der Waals surface area (Å²) in [5.74, 6) is -4.08. The lowest BCUT2D eigenvalue weighted by molar-refractivity contribution is -0.115. The van der Waals surface area contributed by atoms with Crippen molar-refractivity contribution in [1.82, 2.24) is 0 Å². The van der Waals surface area contributed by atoms with Crippen LogP contribution in [0.2, 0.25) is 0 Å². The van der Waals surface area contributed by atoms with Crippen LogP contribution in [0.5, 0.6) is 0 Å². The molecule has 6 heteroatoms. The van der Waals surface area contributed by atoms with E-state index in [1.54, 1.807) is 24.3 Å². The predicted octanol–water partition coefficient (Wildman–Crippen LogP) is 2.74. The third-order valence-corrected chi connectivity index (χ3v) is 2.91. The summed E-state index contributed by atoms with van der Waals surface area (Å²) in [5, 5.41) is 2.21. The number of hydrogen-bond donors (Lipinski definition) is 2. The summed E-state index contributed by atoms with van der Waals surface area (Å²) in [6.45, 7) is 0.395. The molecule has 2 rings (SSSR count). The number of anilines is 1. The van der Waals surface area contributed by atoms with Crippen molar-refractivity contribution in [2.24, 2.45) is 5.73 Å². The molecule has 110 valence electrons. The van der Waals surface area contributed by atoms with Gasteiger partial charge in [0, 0.05) is 18.7 Å². The Morgan fingerprint density at radius 2 is 1.52 bits per heavy atom. The molecule has 0 fully saturated rings. The van der Waals surface area contributed by atoms with Gasteiger partial charge in [0.25, 0.3) is 0 Å². The number of nitrogens with one attached hydrogen (secondary N) is 1. The minimum atomic E-state index is -1.30. The van der Waals surface area contributed by atoms with Crippen LogP contribution in [-0.4, -0.2) is 5.91 Å². The molecule has 0 radical (unpaired) electrons. The third kappa shape index (κ3) is 3.82. The van der Waals surface area contributed by atoms with Gasteiger partial charge in [0.1, 0.15) is 5.82 Å². The van der Waals surface area contributed by atoms with Gasteiger partial charge in [-0.1, -0.05) is 24.3 Å². The number of carbonyl (C=O) groups excluding carboxylic acids is 1. The minimum Gasteiger partial charge on any atom is -0.326 e. The molecule has 3 N–H and O–H groups in total. The topological polar surface area (TPSA) is 55.1 Å². The second kappa shape index (κ2) is 6.41. The van der Waals surface area contributed by atoms with Gasteiger partial charge in [0.05, 0.1) is 12.1 Å². The number of rotatable bonds is 4. The first-order valence-corrected chi connectivity index (χ1v) is 6.22. The Morgan fingerprint density at radius 3 is 2.14 bits per heavy atom. The molecule has 3 nitrogen and oxygen atoms in total. The number of amides is 1. The molecule has 21 heavy (non-hydrogen) atoms. The molecule has 1 amide bonds. The standard InChI is InChI=1S/C15H13F3N2O/c16-11-6-13(18)14(7-12(11)17)20-15(21)5-9-1-3-10(8-19)4-2-9/h1-4,6-7H,5,8,19H2,(H,20,21). The Morgan fingerprint density at radius 1 is 0.952 bits per heavy atom. The van der Waals surface area contributed by atoms with E-state index in [0.717, 1.165) is 5.56 Å². The van der Waals surface area contributed by atoms with Gasteiger partial charge in [-0.15, -0.1) is 0 Å². The average molecular weight is 294 g/mol. The number of hydrogen-bond acceptors (Lipinski definition) is 2. The van der Waals surface area contributed by atoms with Gasteiger partial charge in [-0.3, -0.25) is 4.79 Å². The maximum absolute atomic E-state index is 13.4. The first kappa shape index (κ1) is 15.1. The van der Waals surface area contributed by atoms with E-state index in [0.29, 0.717) is 24.2 Å². The van der Waals surface area contributed by atoms with Crippen molar-refractivity contribution < 1.29 is 18.0 Å². The third-order valence-electron chi connectivity index (χ3n) is 2.91. The zero-order valence-electron chi connectivity index (χ0n) is 11.0. The average Bonchev–Trinajstić information content (AvgIpc) is 2.45. The summed E-state index contributed by atoms with van der Waals surface area (Å²) in [7, 11) is 0. The van der Waals surface area contributed by atoms with Crippen LogP contribution >= 0.6 is 0 Å². The number of benzene rings is 2. The number of halogens is 3. The molecule has 0 heterocycles. The van der Waals surface area contributed by atoms with Gasteiger partial charge in [0.2, 0.25) is 5.91 Å². The molecule has 0 saturated heterocycles. The zero-order valence-corrected chi connectivity index (χ0v) is 11.0. The van der Waals surface area contributed by atoms with Gasteiger partial charge < -0.3 is 11.1 Å². The van der Waals surface area contributed by atoms with Crippen molar-refractivity contribution in [3.05, 3.63) is 65.0 Å². The van der Waals surface area contributed by atoms with Crippen LogP contribution < -0.4 is 11.1 Å². The van der Waals surface area contributed by atoms with Crippen LogP contribution in [0.3, 0.4) is 0 Å². The molecule has 0 saturated carbocycles. The van der Waals surface area contributed by atoms with Crippen molar-refractivity contribution in [3.63, 3.8) is 0 Å². The molecular formula is C15H13F3N2O. The Balaban J connectivity index is 2.06. The van der Waals surface area contributed by atoms with Crippen molar-refractivity contribution >= 4 is 11.6 Å². The van der Waals surface area contributed by atoms with Crippen molar-refractivity contribution in [2.75, 3.05) is 5.32 Å². The van der Waals surface area contributed by atoms with Crippen LogP contribution in [-0.2, 0) is 17.8 Å². The molecule has 0 aromatic heterocycles. The highest BCUT2D eigenvalue weighted by Crippen LogP contribution is 2.18. The van der Waals surface area contributed by atoms with Crippen LogP contribution in [0.25, 0.3) is 0 Å². The number of nitrogens with two attached hydrogens (primary N) is 1. The smallest absolute Gasteiger partial charge is 0.228 e. The second-order valence-corrected chi connectivity index (χ2v) is 4.49. The van der Waals surface area contributed by atoms with E-state index >= 15 is 0 Å². The van der Waals surface area contributed by atoms with E-state index < -0.39 is 29.0 Å². The summed E-state index contributed by atoms with van der Waals surface area (Å²) in [4.78, 5) is 11.8. The van der Waals surface area contributed by atoms with E-state index in [1.807, 2.05) is 0 Å². The maximum atomic E-state index is 13.4. The molecule has 0 unspecified atom stereocenters. The molecule has 2 aromatic rings. The lowest BCUT2D eigenvalue weighted by atomic mass is 10.1. The summed E-state index contributed by atoms with van der Waals surface area (Å²) < 4.78 is 39.2. The Bertz CT molecular complexity index is 657. The molecule has 2 aromatic carbocycles. The minimum absolute atomic E-state index is 0.0106. The molecule has 0 aliphatic carbocycles. The van der Waals surface area contributed by atoms with E-state index in [2.05, 4.69) is 5.32 Å². The summed E-state index contributed by atoms with van der Waals surface area (Å²) >= 11 is 0. The Kier molecular flexibility index (Phi) is 4.59. The first-order valence-electron chi connectivity index (χ1n) is 6.22.